The molecule has 20 heavy (non-hydrogen) atoms. The number of non-ortho nitro benzene ring substituents is 1. The van der Waals surface area contributed by atoms with Crippen LogP contribution in [0.25, 0.3) is 0 Å². The van der Waals surface area contributed by atoms with Crippen LogP contribution in [-0.4, -0.2) is 14.5 Å². The Balaban J connectivity index is 2.89. The number of carbonyl (C=O) groups is 1. The van der Waals surface area contributed by atoms with E-state index in [1.165, 1.54) is 18.3 Å². The van der Waals surface area contributed by atoms with Crippen LogP contribution < -0.4 is 5.32 Å². The lowest BCUT2D eigenvalue weighted by molar-refractivity contribution is -0.384. The molecule has 0 aliphatic rings. The first-order valence-electron chi connectivity index (χ1n) is 4.98. The van der Waals surface area contributed by atoms with Crippen LogP contribution in [0.4, 0.5) is 11.4 Å². The molecule has 0 amide bonds. The number of rotatable bonds is 4. The zero-order chi connectivity index (χ0) is 15.3. The second kappa shape index (κ2) is 6.57. The van der Waals surface area contributed by atoms with Gasteiger partial charge in [0.05, 0.1) is 16.2 Å². The van der Waals surface area contributed by atoms with E-state index in [2.05, 4.69) is 5.32 Å². The third kappa shape index (κ3) is 4.38. The number of nitrogens with one attached hydrogen (secondary N) is 1. The largest absolute Gasteiger partial charge is 0.360 e. The van der Waals surface area contributed by atoms with Gasteiger partial charge in [-0.1, -0.05) is 34.8 Å². The number of hydrogen-bond donors (Lipinski definition) is 1. The Hall–Kier alpha value is -1.81. The number of anilines is 1. The fourth-order valence-corrected chi connectivity index (χ4v) is 1.35. The third-order valence-corrected chi connectivity index (χ3v) is 2.65. The number of benzene rings is 1. The number of nitriles is 1. The van der Waals surface area contributed by atoms with Crippen LogP contribution in [0.3, 0.4) is 0 Å². The molecule has 1 rings (SSSR count). The van der Waals surface area contributed by atoms with Crippen molar-refractivity contribution >= 4 is 52.0 Å². The number of halogens is 3. The Labute approximate surface area is 128 Å². The molecule has 0 fully saturated rings. The number of ketones is 1. The molecule has 1 aromatic carbocycles. The van der Waals surface area contributed by atoms with Gasteiger partial charge in [0.25, 0.3) is 9.48 Å². The fourth-order valence-electron chi connectivity index (χ4n) is 1.17. The number of carbonyl (C=O) groups excluding carboxylic acids is 1. The van der Waals surface area contributed by atoms with E-state index in [-0.39, 0.29) is 16.9 Å². The van der Waals surface area contributed by atoms with Crippen LogP contribution in [0.1, 0.15) is 5.56 Å². The van der Waals surface area contributed by atoms with E-state index in [0.717, 1.165) is 12.1 Å². The summed E-state index contributed by atoms with van der Waals surface area (Å²) in [6.45, 7) is 0. The molecule has 0 atom stereocenters. The van der Waals surface area contributed by atoms with Gasteiger partial charge in [0.2, 0.25) is 5.78 Å². The third-order valence-electron chi connectivity index (χ3n) is 2.09. The second-order valence-corrected chi connectivity index (χ2v) is 5.72. The van der Waals surface area contributed by atoms with Crippen LogP contribution in [0.2, 0.25) is 0 Å². The number of nitro benzene ring substituents is 1. The van der Waals surface area contributed by atoms with Crippen LogP contribution in [0.15, 0.2) is 30.5 Å². The predicted molar refractivity (Wildman–Crippen MR) is 75.9 cm³/mol. The molecule has 1 aromatic rings. The van der Waals surface area contributed by atoms with Crippen LogP contribution in [-0.2, 0) is 4.79 Å². The van der Waals surface area contributed by atoms with Gasteiger partial charge < -0.3 is 5.32 Å². The lowest BCUT2D eigenvalue weighted by Crippen LogP contribution is -2.15. The summed E-state index contributed by atoms with van der Waals surface area (Å²) < 4.78 is -2.06. The highest BCUT2D eigenvalue weighted by atomic mass is 35.6. The summed E-state index contributed by atoms with van der Waals surface area (Å²) in [6.07, 6.45) is 2.15. The minimum Gasteiger partial charge on any atom is -0.360 e. The fraction of sp³-hybridized carbons (Fsp3) is 0.0909. The number of allylic oxidation sites excluding steroid dienone is 1. The molecule has 1 N–H and O–H groups in total. The van der Waals surface area contributed by atoms with Crippen molar-refractivity contribution in [2.24, 2.45) is 0 Å². The van der Waals surface area contributed by atoms with Gasteiger partial charge in [0.1, 0.15) is 6.07 Å². The summed E-state index contributed by atoms with van der Waals surface area (Å²) in [5.41, 5.74) is 0.116. The van der Waals surface area contributed by atoms with Gasteiger partial charge in [0, 0.05) is 24.4 Å². The second-order valence-electron chi connectivity index (χ2n) is 3.44. The average molecular weight is 335 g/mol. The normalized spacial score (nSPS) is 11.1. The SMILES string of the molecule is N#Cc1cc([N+](=O)[O-])ccc1N/C=C\C(=O)C(Cl)(Cl)Cl. The van der Waals surface area contributed by atoms with E-state index in [9.17, 15) is 14.9 Å². The Morgan fingerprint density at radius 1 is 1.45 bits per heavy atom. The Morgan fingerprint density at radius 3 is 2.60 bits per heavy atom. The Kier molecular flexibility index (Phi) is 5.34. The molecular formula is C11H6Cl3N3O3. The van der Waals surface area contributed by atoms with Gasteiger partial charge in [0.15, 0.2) is 0 Å². The topological polar surface area (TPSA) is 96.0 Å². The lowest BCUT2D eigenvalue weighted by Gasteiger charge is -2.06. The standard InChI is InChI=1S/C11H6Cl3N3O3/c12-11(13,14)10(18)3-4-16-9-2-1-8(17(19)20)5-7(9)6-15/h1-5,16H/b4-3-. The zero-order valence-electron chi connectivity index (χ0n) is 9.64. The lowest BCUT2D eigenvalue weighted by atomic mass is 10.1. The number of alkyl halides is 3. The van der Waals surface area contributed by atoms with Crippen molar-refractivity contribution in [1.82, 2.24) is 0 Å². The summed E-state index contributed by atoms with van der Waals surface area (Å²) in [4.78, 5) is 21.2. The summed E-state index contributed by atoms with van der Waals surface area (Å²) >= 11 is 16.1. The van der Waals surface area contributed by atoms with Crippen LogP contribution in [0, 0.1) is 21.4 Å². The van der Waals surface area contributed by atoms with Crippen molar-refractivity contribution in [1.29, 1.82) is 5.26 Å². The van der Waals surface area contributed by atoms with E-state index in [0.29, 0.717) is 0 Å². The molecule has 0 aromatic heterocycles. The molecule has 104 valence electrons. The van der Waals surface area contributed by atoms with E-state index in [1.54, 1.807) is 6.07 Å². The quantitative estimate of drug-likeness (QED) is 0.394. The summed E-state index contributed by atoms with van der Waals surface area (Å²) in [7, 11) is 0. The highest BCUT2D eigenvalue weighted by Crippen LogP contribution is 2.27. The van der Waals surface area contributed by atoms with Crippen LogP contribution >= 0.6 is 34.8 Å². The predicted octanol–water partition coefficient (Wildman–Crippen LogP) is 3.33. The van der Waals surface area contributed by atoms with Crippen molar-refractivity contribution in [3.8, 4) is 6.07 Å². The molecule has 0 unspecified atom stereocenters. The molecule has 0 radical (unpaired) electrons. The smallest absolute Gasteiger partial charge is 0.270 e. The zero-order valence-corrected chi connectivity index (χ0v) is 11.9. The molecular weight excluding hydrogens is 328 g/mol. The number of nitrogens with zero attached hydrogens (tertiary/aromatic N) is 2. The molecule has 0 spiro atoms. The molecule has 9 heteroatoms. The van der Waals surface area contributed by atoms with Gasteiger partial charge in [-0.3, -0.25) is 14.9 Å². The van der Waals surface area contributed by atoms with Gasteiger partial charge in [-0.25, -0.2) is 0 Å². The average Bonchev–Trinajstić information content (AvgIpc) is 2.37. The number of nitro groups is 1. The number of hydrogen-bond acceptors (Lipinski definition) is 5. The van der Waals surface area contributed by atoms with E-state index < -0.39 is 14.5 Å². The maximum absolute atomic E-state index is 11.3. The van der Waals surface area contributed by atoms with Crippen molar-refractivity contribution in [3.63, 3.8) is 0 Å². The van der Waals surface area contributed by atoms with Crippen molar-refractivity contribution < 1.29 is 9.72 Å². The highest BCUT2D eigenvalue weighted by Gasteiger charge is 2.27. The maximum Gasteiger partial charge on any atom is 0.270 e. The van der Waals surface area contributed by atoms with Gasteiger partial charge in [-0.2, -0.15) is 5.26 Å². The summed E-state index contributed by atoms with van der Waals surface area (Å²) in [6, 6.07) is 5.45. The summed E-state index contributed by atoms with van der Waals surface area (Å²) in [5.74, 6) is -0.768. The van der Waals surface area contributed by atoms with Crippen LogP contribution in [0.5, 0.6) is 0 Å². The van der Waals surface area contributed by atoms with E-state index in [4.69, 9.17) is 40.1 Å². The van der Waals surface area contributed by atoms with Gasteiger partial charge >= 0.3 is 0 Å². The highest BCUT2D eigenvalue weighted by molar-refractivity contribution is 6.77. The summed E-state index contributed by atoms with van der Waals surface area (Å²) in [5, 5.41) is 22.1. The molecule has 0 saturated carbocycles. The maximum atomic E-state index is 11.3. The molecule has 0 aliphatic heterocycles. The molecule has 6 nitrogen and oxygen atoms in total. The minimum absolute atomic E-state index is 0.0465. The minimum atomic E-state index is -2.06. The van der Waals surface area contributed by atoms with Gasteiger partial charge in [-0.15, -0.1) is 0 Å². The van der Waals surface area contributed by atoms with Crippen molar-refractivity contribution in [2.75, 3.05) is 5.32 Å². The van der Waals surface area contributed by atoms with Crippen molar-refractivity contribution in [2.45, 2.75) is 3.79 Å². The first kappa shape index (κ1) is 16.2. The van der Waals surface area contributed by atoms with E-state index in [1.807, 2.05) is 0 Å². The first-order valence-corrected chi connectivity index (χ1v) is 6.12. The Morgan fingerprint density at radius 2 is 2.10 bits per heavy atom. The Bertz CT molecular complexity index is 618. The molecule has 0 bridgehead atoms. The van der Waals surface area contributed by atoms with E-state index >= 15 is 0 Å². The van der Waals surface area contributed by atoms with Crippen molar-refractivity contribution in [3.05, 3.63) is 46.2 Å². The first-order chi connectivity index (χ1) is 9.25. The molecule has 0 saturated heterocycles. The molecule has 0 aliphatic carbocycles. The monoisotopic (exact) mass is 333 g/mol. The van der Waals surface area contributed by atoms with Gasteiger partial charge in [-0.05, 0) is 6.07 Å². The molecule has 0 heterocycles.